The molecule has 0 aliphatic heterocycles. The van der Waals surface area contributed by atoms with Gasteiger partial charge in [0.15, 0.2) is 12.1 Å². The van der Waals surface area contributed by atoms with E-state index >= 15 is 0 Å². The van der Waals surface area contributed by atoms with E-state index in [9.17, 15) is 9.59 Å². The summed E-state index contributed by atoms with van der Waals surface area (Å²) in [5, 5.41) is 4.39. The molecule has 0 saturated heterocycles. The average molecular weight is 353 g/mol. The normalized spacial score (nSPS) is 10.8. The van der Waals surface area contributed by atoms with Crippen LogP contribution < -0.4 is 5.32 Å². The van der Waals surface area contributed by atoms with Gasteiger partial charge in [0.1, 0.15) is 16.5 Å². The minimum Gasteiger partial charge on any atom is -0.365 e. The Morgan fingerprint density at radius 2 is 2.04 bits per heavy atom. The molecule has 0 bridgehead atoms. The lowest BCUT2D eigenvalue weighted by Crippen LogP contribution is -2.07. The number of hydrogen-bond donors (Lipinski definition) is 1. The van der Waals surface area contributed by atoms with Gasteiger partial charge in [-0.1, -0.05) is 37.3 Å². The number of hydrogen-bond acceptors (Lipinski definition) is 6. The molecule has 0 radical (unpaired) electrons. The van der Waals surface area contributed by atoms with Crippen LogP contribution >= 0.6 is 11.3 Å². The van der Waals surface area contributed by atoms with Crippen LogP contribution in [0.15, 0.2) is 36.4 Å². The summed E-state index contributed by atoms with van der Waals surface area (Å²) in [5.74, 6) is 0.934. The molecule has 5 nitrogen and oxygen atoms in total. The number of benzene rings is 1. The first-order chi connectivity index (χ1) is 12.2. The number of Topliss-reactive ketones (excluding diaryl/α,β-unsaturated/α-hetero) is 1. The Bertz CT molecular complexity index is 890. The van der Waals surface area contributed by atoms with Gasteiger partial charge >= 0.3 is 0 Å². The number of carbonyl (C=O) groups is 2. The third-order valence-corrected chi connectivity index (χ3v) is 5.04. The van der Waals surface area contributed by atoms with E-state index in [0.717, 1.165) is 28.0 Å². The smallest absolute Gasteiger partial charge is 0.195 e. The molecular weight excluding hydrogens is 334 g/mol. The summed E-state index contributed by atoms with van der Waals surface area (Å²) in [6.45, 7) is 2.77. The maximum atomic E-state index is 11.3. The van der Waals surface area contributed by atoms with Gasteiger partial charge < -0.3 is 5.32 Å². The van der Waals surface area contributed by atoms with Crippen molar-refractivity contribution in [2.45, 2.75) is 32.7 Å². The fourth-order valence-electron chi connectivity index (χ4n) is 2.51. The van der Waals surface area contributed by atoms with Gasteiger partial charge in [-0.25, -0.2) is 9.97 Å². The summed E-state index contributed by atoms with van der Waals surface area (Å²) in [7, 11) is 0. The molecule has 0 fully saturated rings. The van der Waals surface area contributed by atoms with Crippen molar-refractivity contribution in [3.63, 3.8) is 0 Å². The summed E-state index contributed by atoms with van der Waals surface area (Å²) >= 11 is 1.64. The number of aryl methyl sites for hydroxylation is 2. The van der Waals surface area contributed by atoms with Crippen LogP contribution in [-0.4, -0.2) is 22.0 Å². The highest BCUT2D eigenvalue weighted by Gasteiger charge is 2.12. The van der Waals surface area contributed by atoms with Crippen LogP contribution in [0.3, 0.4) is 0 Å². The zero-order valence-corrected chi connectivity index (χ0v) is 14.8. The minimum absolute atomic E-state index is 0.138. The lowest BCUT2D eigenvalue weighted by molar-refractivity contribution is -0.129. The molecule has 2 aromatic heterocycles. The zero-order chi connectivity index (χ0) is 17.6. The number of carbonyl (C=O) groups excluding carboxylic acids is 2. The Labute approximate surface area is 150 Å². The number of thiophene rings is 1. The number of anilines is 1. The van der Waals surface area contributed by atoms with Gasteiger partial charge in [-0.2, -0.15) is 0 Å². The molecule has 3 rings (SSSR count). The largest absolute Gasteiger partial charge is 0.365 e. The SMILES string of the molecule is CCc1cc2c(NCc3ccccc3)nc(CCC(=O)C=O)nc2s1. The van der Waals surface area contributed by atoms with Gasteiger partial charge in [-0.3, -0.25) is 9.59 Å². The van der Waals surface area contributed by atoms with Crippen molar-refractivity contribution in [2.24, 2.45) is 0 Å². The number of aromatic nitrogens is 2. The van der Waals surface area contributed by atoms with Crippen LogP contribution in [0.25, 0.3) is 10.2 Å². The average Bonchev–Trinajstić information content (AvgIpc) is 3.08. The van der Waals surface area contributed by atoms with E-state index in [2.05, 4.69) is 40.4 Å². The fraction of sp³-hybridized carbons (Fsp3) is 0.263. The molecule has 0 atom stereocenters. The zero-order valence-electron chi connectivity index (χ0n) is 14.0. The van der Waals surface area contributed by atoms with E-state index in [1.165, 1.54) is 4.88 Å². The molecule has 0 unspecified atom stereocenters. The van der Waals surface area contributed by atoms with E-state index in [0.29, 0.717) is 25.1 Å². The van der Waals surface area contributed by atoms with Crippen molar-refractivity contribution in [1.82, 2.24) is 9.97 Å². The van der Waals surface area contributed by atoms with Crippen molar-refractivity contribution in [3.05, 3.63) is 52.7 Å². The Morgan fingerprint density at radius 1 is 1.24 bits per heavy atom. The second-order valence-electron chi connectivity index (χ2n) is 5.70. The van der Waals surface area contributed by atoms with E-state index in [1.807, 2.05) is 18.2 Å². The summed E-state index contributed by atoms with van der Waals surface area (Å²) in [5.41, 5.74) is 1.16. The minimum atomic E-state index is -0.428. The van der Waals surface area contributed by atoms with E-state index < -0.39 is 5.78 Å². The molecule has 2 heterocycles. The highest BCUT2D eigenvalue weighted by atomic mass is 32.1. The Balaban J connectivity index is 1.88. The quantitative estimate of drug-likeness (QED) is 0.495. The standard InChI is InChI=1S/C19H19N3O2S/c1-2-15-10-16-18(20-11-13-6-4-3-5-7-13)21-17(22-19(16)25-15)9-8-14(24)12-23/h3-7,10,12H,2,8-9,11H2,1H3,(H,20,21,22). The lowest BCUT2D eigenvalue weighted by atomic mass is 10.2. The number of ketones is 1. The number of nitrogens with zero attached hydrogens (tertiary/aromatic N) is 2. The molecule has 25 heavy (non-hydrogen) atoms. The second-order valence-corrected chi connectivity index (χ2v) is 6.81. The van der Waals surface area contributed by atoms with E-state index in [-0.39, 0.29) is 6.42 Å². The molecule has 0 aliphatic rings. The summed E-state index contributed by atoms with van der Waals surface area (Å²) in [6, 6.07) is 12.2. The molecule has 0 saturated carbocycles. The van der Waals surface area contributed by atoms with Gasteiger partial charge in [0.25, 0.3) is 0 Å². The van der Waals surface area contributed by atoms with Crippen LogP contribution in [0.2, 0.25) is 0 Å². The van der Waals surface area contributed by atoms with E-state index in [1.54, 1.807) is 11.3 Å². The topological polar surface area (TPSA) is 72.0 Å². The van der Waals surface area contributed by atoms with Crippen LogP contribution in [0, 0.1) is 0 Å². The monoisotopic (exact) mass is 353 g/mol. The van der Waals surface area contributed by atoms with Crippen LogP contribution in [0.5, 0.6) is 0 Å². The van der Waals surface area contributed by atoms with Crippen LogP contribution in [-0.2, 0) is 29.0 Å². The number of nitrogens with one attached hydrogen (secondary N) is 1. The molecule has 3 aromatic rings. The predicted molar refractivity (Wildman–Crippen MR) is 100.0 cm³/mol. The number of rotatable bonds is 8. The Hall–Kier alpha value is -2.60. The van der Waals surface area contributed by atoms with Gasteiger partial charge in [-0.15, -0.1) is 11.3 Å². The van der Waals surface area contributed by atoms with Crippen molar-refractivity contribution in [3.8, 4) is 0 Å². The third kappa shape index (κ3) is 4.28. The predicted octanol–water partition coefficient (Wildman–Crippen LogP) is 3.57. The molecule has 0 aliphatic carbocycles. The van der Waals surface area contributed by atoms with Gasteiger partial charge in [0, 0.05) is 24.3 Å². The maximum absolute atomic E-state index is 11.3. The van der Waals surface area contributed by atoms with Crippen molar-refractivity contribution in [1.29, 1.82) is 0 Å². The van der Waals surface area contributed by atoms with Crippen molar-refractivity contribution >= 4 is 39.4 Å². The third-order valence-electron chi connectivity index (χ3n) is 3.87. The maximum Gasteiger partial charge on any atom is 0.195 e. The summed E-state index contributed by atoms with van der Waals surface area (Å²) in [6.07, 6.45) is 1.80. The lowest BCUT2D eigenvalue weighted by Gasteiger charge is -2.09. The number of aldehydes is 1. The first-order valence-electron chi connectivity index (χ1n) is 8.24. The van der Waals surface area contributed by atoms with Gasteiger partial charge in [-0.05, 0) is 18.1 Å². The van der Waals surface area contributed by atoms with E-state index in [4.69, 9.17) is 0 Å². The Morgan fingerprint density at radius 3 is 2.76 bits per heavy atom. The molecular formula is C19H19N3O2S. The van der Waals surface area contributed by atoms with Crippen LogP contribution in [0.4, 0.5) is 5.82 Å². The second kappa shape index (κ2) is 7.98. The van der Waals surface area contributed by atoms with Gasteiger partial charge in [0.05, 0.1) is 5.39 Å². The summed E-state index contributed by atoms with van der Waals surface area (Å²) < 4.78 is 0. The molecule has 6 heteroatoms. The highest BCUT2D eigenvalue weighted by Crippen LogP contribution is 2.29. The van der Waals surface area contributed by atoms with Crippen LogP contribution in [0.1, 0.15) is 29.6 Å². The Kier molecular flexibility index (Phi) is 5.50. The fourth-order valence-corrected chi connectivity index (χ4v) is 3.50. The van der Waals surface area contributed by atoms with Crippen molar-refractivity contribution in [2.75, 3.05) is 5.32 Å². The van der Waals surface area contributed by atoms with Gasteiger partial charge in [0.2, 0.25) is 0 Å². The molecule has 0 spiro atoms. The molecule has 1 N–H and O–H groups in total. The van der Waals surface area contributed by atoms with Crippen molar-refractivity contribution < 1.29 is 9.59 Å². The molecule has 1 aromatic carbocycles. The highest BCUT2D eigenvalue weighted by molar-refractivity contribution is 7.18. The first kappa shape index (κ1) is 17.2. The summed E-state index contributed by atoms with van der Waals surface area (Å²) in [4.78, 5) is 33.1. The number of fused-ring (bicyclic) bond motifs is 1. The first-order valence-corrected chi connectivity index (χ1v) is 9.06. The molecule has 0 amide bonds. The molecule has 128 valence electrons.